The molecule has 0 bridgehead atoms. The summed E-state index contributed by atoms with van der Waals surface area (Å²) in [6, 6.07) is 16.8. The van der Waals surface area contributed by atoms with E-state index >= 15 is 0 Å². The molecule has 176 valence electrons. The summed E-state index contributed by atoms with van der Waals surface area (Å²) < 4.78 is 86.4. The molecule has 4 rings (SSSR count). The Labute approximate surface area is 189 Å². The predicted molar refractivity (Wildman–Crippen MR) is 116 cm³/mol. The van der Waals surface area contributed by atoms with Crippen molar-refractivity contribution in [3.63, 3.8) is 0 Å². The largest absolute Gasteiger partial charge is 0.491 e. The van der Waals surface area contributed by atoms with Crippen molar-refractivity contribution in [2.45, 2.75) is 18.9 Å². The van der Waals surface area contributed by atoms with Crippen LogP contribution < -0.4 is 10.3 Å². The van der Waals surface area contributed by atoms with Gasteiger partial charge in [-0.15, -0.1) is 0 Å². The number of rotatable bonds is 4. The molecule has 0 saturated heterocycles. The van der Waals surface area contributed by atoms with Crippen LogP contribution in [0.25, 0.3) is 22.0 Å². The first-order valence-corrected chi connectivity index (χ1v) is 10.0. The third kappa shape index (κ3) is 4.37. The van der Waals surface area contributed by atoms with Crippen LogP contribution in [0.5, 0.6) is 5.75 Å². The van der Waals surface area contributed by atoms with Crippen molar-refractivity contribution >= 4 is 10.9 Å². The number of fused-ring (bicyclic) bond motifs is 1. The molecule has 0 saturated carbocycles. The minimum atomic E-state index is -4.99. The number of para-hydroxylation sites is 1. The number of benzene rings is 3. The smallest absolute Gasteiger partial charge is 0.416 e. The monoisotopic (exact) mass is 477 g/mol. The second kappa shape index (κ2) is 8.55. The molecule has 4 aromatic rings. The molecule has 3 nitrogen and oxygen atoms in total. The molecule has 3 aromatic carbocycles. The molecule has 1 aromatic heterocycles. The Balaban J connectivity index is 1.98. The van der Waals surface area contributed by atoms with Gasteiger partial charge >= 0.3 is 12.4 Å². The third-order valence-electron chi connectivity index (χ3n) is 5.39. The molecule has 0 N–H and O–H groups in total. The Kier molecular flexibility index (Phi) is 5.89. The van der Waals surface area contributed by atoms with Gasteiger partial charge in [-0.2, -0.15) is 26.3 Å². The van der Waals surface area contributed by atoms with Gasteiger partial charge in [0.15, 0.2) is 5.75 Å². The maximum atomic E-state index is 13.4. The zero-order chi connectivity index (χ0) is 24.7. The predicted octanol–water partition coefficient (Wildman–Crippen LogP) is 6.76. The van der Waals surface area contributed by atoms with Crippen molar-refractivity contribution in [3.05, 3.63) is 99.8 Å². The summed E-state index contributed by atoms with van der Waals surface area (Å²) in [5.41, 5.74) is -2.36. The lowest BCUT2D eigenvalue weighted by Crippen LogP contribution is -2.24. The molecule has 9 heteroatoms. The zero-order valence-electron chi connectivity index (χ0n) is 17.7. The average molecular weight is 477 g/mol. The van der Waals surface area contributed by atoms with Gasteiger partial charge in [-0.25, -0.2) is 0 Å². The summed E-state index contributed by atoms with van der Waals surface area (Å²) in [5.74, 6) is -0.0621. The van der Waals surface area contributed by atoms with Crippen LogP contribution in [-0.2, 0) is 18.9 Å². The highest BCUT2D eigenvalue weighted by molar-refractivity contribution is 5.97. The molecule has 0 fully saturated rings. The van der Waals surface area contributed by atoms with Gasteiger partial charge in [-0.3, -0.25) is 4.79 Å². The second-order valence-corrected chi connectivity index (χ2v) is 7.60. The van der Waals surface area contributed by atoms with Gasteiger partial charge in [0.2, 0.25) is 0 Å². The normalized spacial score (nSPS) is 12.2. The quantitative estimate of drug-likeness (QED) is 0.304. The van der Waals surface area contributed by atoms with Gasteiger partial charge in [0.05, 0.1) is 30.3 Å². The molecule has 0 spiro atoms. The standard InChI is InChI=1S/C25H17F6NO2/c1-34-22-21(16-7-3-2-4-8-16)19-9-5-6-10-20(19)32(23(22)33)14-15-11-17(24(26,27)28)13-18(12-15)25(29,30)31/h2-13H,14H2,1H3. The number of hydrogen-bond donors (Lipinski definition) is 0. The van der Waals surface area contributed by atoms with E-state index in [4.69, 9.17) is 4.74 Å². The lowest BCUT2D eigenvalue weighted by atomic mass is 9.99. The van der Waals surface area contributed by atoms with Crippen LogP contribution in [0.15, 0.2) is 77.6 Å². The highest BCUT2D eigenvalue weighted by Gasteiger charge is 2.37. The van der Waals surface area contributed by atoms with Crippen LogP contribution in [0.4, 0.5) is 26.3 Å². The second-order valence-electron chi connectivity index (χ2n) is 7.60. The molecule has 34 heavy (non-hydrogen) atoms. The summed E-state index contributed by atoms with van der Waals surface area (Å²) in [7, 11) is 1.29. The molecule has 0 aliphatic rings. The van der Waals surface area contributed by atoms with Gasteiger partial charge in [0.1, 0.15) is 0 Å². The number of alkyl halides is 6. The van der Waals surface area contributed by atoms with Gasteiger partial charge < -0.3 is 9.30 Å². The number of nitrogens with zero attached hydrogens (tertiary/aromatic N) is 1. The van der Waals surface area contributed by atoms with Crippen LogP contribution in [0, 0.1) is 0 Å². The molecule has 0 aliphatic heterocycles. The molecule has 0 unspecified atom stereocenters. The van der Waals surface area contributed by atoms with Crippen LogP contribution >= 0.6 is 0 Å². The van der Waals surface area contributed by atoms with Gasteiger partial charge in [0.25, 0.3) is 5.56 Å². The van der Waals surface area contributed by atoms with E-state index in [1.54, 1.807) is 54.6 Å². The topological polar surface area (TPSA) is 31.2 Å². The highest BCUT2D eigenvalue weighted by atomic mass is 19.4. The van der Waals surface area contributed by atoms with E-state index in [2.05, 4.69) is 0 Å². The van der Waals surface area contributed by atoms with Crippen molar-refractivity contribution in [2.24, 2.45) is 0 Å². The van der Waals surface area contributed by atoms with E-state index in [-0.39, 0.29) is 17.4 Å². The van der Waals surface area contributed by atoms with Crippen molar-refractivity contribution < 1.29 is 31.1 Å². The molecular formula is C25H17F6NO2. The minimum Gasteiger partial charge on any atom is -0.491 e. The minimum absolute atomic E-state index is 0.0590. The van der Waals surface area contributed by atoms with Crippen LogP contribution in [-0.4, -0.2) is 11.7 Å². The number of ether oxygens (including phenoxy) is 1. The number of hydrogen-bond acceptors (Lipinski definition) is 2. The summed E-state index contributed by atoms with van der Waals surface area (Å²) in [6.45, 7) is -0.516. The average Bonchev–Trinajstić information content (AvgIpc) is 2.79. The lowest BCUT2D eigenvalue weighted by Gasteiger charge is -2.19. The molecule has 0 amide bonds. The molecular weight excluding hydrogens is 460 g/mol. The van der Waals surface area contributed by atoms with E-state index in [0.29, 0.717) is 34.2 Å². The SMILES string of the molecule is COc1c(-c2ccccc2)c2ccccc2n(Cc2cc(C(F)(F)F)cc(C(F)(F)F)c2)c1=O. The van der Waals surface area contributed by atoms with E-state index in [1.165, 1.54) is 7.11 Å². The van der Waals surface area contributed by atoms with Gasteiger partial charge in [-0.05, 0) is 35.4 Å². The van der Waals surface area contributed by atoms with E-state index in [9.17, 15) is 31.1 Å². The summed E-state index contributed by atoms with van der Waals surface area (Å²) in [5, 5.41) is 0.563. The van der Waals surface area contributed by atoms with Crippen LogP contribution in [0.2, 0.25) is 0 Å². The molecule has 0 radical (unpaired) electrons. The van der Waals surface area contributed by atoms with Gasteiger partial charge in [0, 0.05) is 10.9 Å². The van der Waals surface area contributed by atoms with Crippen LogP contribution in [0.3, 0.4) is 0 Å². The fraction of sp³-hybridized carbons (Fsp3) is 0.160. The van der Waals surface area contributed by atoms with E-state index < -0.39 is 35.6 Å². The summed E-state index contributed by atoms with van der Waals surface area (Å²) >= 11 is 0. The van der Waals surface area contributed by atoms with E-state index in [1.807, 2.05) is 0 Å². The number of aromatic nitrogens is 1. The Morgan fingerprint density at radius 1 is 0.794 bits per heavy atom. The maximum absolute atomic E-state index is 13.4. The summed E-state index contributed by atoms with van der Waals surface area (Å²) in [4.78, 5) is 13.4. The van der Waals surface area contributed by atoms with Gasteiger partial charge in [-0.1, -0.05) is 48.5 Å². The van der Waals surface area contributed by atoms with Crippen molar-refractivity contribution in [1.82, 2.24) is 4.57 Å². The maximum Gasteiger partial charge on any atom is 0.416 e. The van der Waals surface area contributed by atoms with Crippen molar-refractivity contribution in [1.29, 1.82) is 0 Å². The first-order valence-electron chi connectivity index (χ1n) is 10.0. The number of halogens is 6. The Morgan fingerprint density at radius 3 is 1.91 bits per heavy atom. The summed E-state index contributed by atoms with van der Waals surface area (Å²) in [6.07, 6.45) is -9.98. The fourth-order valence-electron chi connectivity index (χ4n) is 3.91. The Morgan fingerprint density at radius 2 is 1.35 bits per heavy atom. The van der Waals surface area contributed by atoms with Crippen LogP contribution in [0.1, 0.15) is 16.7 Å². The Bertz CT molecular complexity index is 1370. The number of methoxy groups -OCH3 is 1. The van der Waals surface area contributed by atoms with E-state index in [0.717, 1.165) is 4.57 Å². The highest BCUT2D eigenvalue weighted by Crippen LogP contribution is 2.38. The molecule has 1 heterocycles. The first-order chi connectivity index (χ1) is 16.0. The first kappa shape index (κ1) is 23.4. The third-order valence-corrected chi connectivity index (χ3v) is 5.39. The lowest BCUT2D eigenvalue weighted by molar-refractivity contribution is -0.143. The number of pyridine rings is 1. The molecule has 0 aliphatic carbocycles. The molecule has 0 atom stereocenters. The Hall–Kier alpha value is -3.75. The van der Waals surface area contributed by atoms with Crippen molar-refractivity contribution in [2.75, 3.05) is 7.11 Å². The zero-order valence-corrected chi connectivity index (χ0v) is 17.7. The van der Waals surface area contributed by atoms with Crippen molar-refractivity contribution in [3.8, 4) is 16.9 Å². The fourth-order valence-corrected chi connectivity index (χ4v) is 3.91.